The van der Waals surface area contributed by atoms with Gasteiger partial charge in [-0.3, -0.25) is 4.79 Å². The molecule has 0 fully saturated rings. The summed E-state index contributed by atoms with van der Waals surface area (Å²) in [6, 6.07) is 12.8. The number of benzene rings is 2. The number of nitrogen functional groups attached to an aromatic ring is 1. The van der Waals surface area contributed by atoms with Crippen LogP contribution in [-0.4, -0.2) is 20.9 Å². The number of nitrogens with two attached hydrogens (primary N) is 1. The smallest absolute Gasteiger partial charge is 0.280 e. The highest BCUT2D eigenvalue weighted by Crippen LogP contribution is 2.21. The van der Waals surface area contributed by atoms with Gasteiger partial charge in [0, 0.05) is 15.2 Å². The Morgan fingerprint density at radius 2 is 2.00 bits per heavy atom. The maximum absolute atomic E-state index is 12.4. The number of nitrogens with zero attached hydrogens (tertiary/aromatic N) is 3. The highest BCUT2D eigenvalue weighted by atomic mass is 79.9. The molecule has 0 bridgehead atoms. The van der Waals surface area contributed by atoms with Gasteiger partial charge in [0.2, 0.25) is 0 Å². The molecule has 1 aromatic heterocycles. The first-order valence-corrected chi connectivity index (χ1v) is 8.62. The summed E-state index contributed by atoms with van der Waals surface area (Å²) in [6.45, 7) is 2.34. The first kappa shape index (κ1) is 17.4. The van der Waals surface area contributed by atoms with E-state index >= 15 is 0 Å². The van der Waals surface area contributed by atoms with E-state index in [2.05, 4.69) is 31.6 Å². The van der Waals surface area contributed by atoms with Gasteiger partial charge in [0.25, 0.3) is 5.91 Å². The fourth-order valence-electron chi connectivity index (χ4n) is 2.27. The van der Waals surface area contributed by atoms with Gasteiger partial charge in [-0.25, -0.2) is 4.68 Å². The molecule has 0 saturated heterocycles. The second-order valence-electron chi connectivity index (χ2n) is 5.53. The third-order valence-corrected chi connectivity index (χ3v) is 4.79. The lowest BCUT2D eigenvalue weighted by Crippen LogP contribution is -2.15. The van der Waals surface area contributed by atoms with Crippen molar-refractivity contribution in [3.05, 3.63) is 68.8 Å². The summed E-state index contributed by atoms with van der Waals surface area (Å²) in [5.41, 5.74) is 8.76. The Morgan fingerprint density at radius 3 is 2.68 bits per heavy atom. The van der Waals surface area contributed by atoms with Crippen LogP contribution >= 0.6 is 27.5 Å². The van der Waals surface area contributed by atoms with Crippen molar-refractivity contribution in [1.82, 2.24) is 15.0 Å². The van der Waals surface area contributed by atoms with Crippen LogP contribution in [0.25, 0.3) is 0 Å². The molecule has 3 rings (SSSR count). The van der Waals surface area contributed by atoms with E-state index in [0.29, 0.717) is 17.3 Å². The van der Waals surface area contributed by atoms with Crippen LogP contribution in [0.2, 0.25) is 5.02 Å². The molecule has 0 aliphatic heterocycles. The fourth-order valence-corrected chi connectivity index (χ4v) is 2.65. The van der Waals surface area contributed by atoms with Gasteiger partial charge in [0.05, 0.1) is 6.54 Å². The number of amides is 1. The molecule has 8 heteroatoms. The Bertz CT molecular complexity index is 923. The maximum atomic E-state index is 12.4. The zero-order valence-corrected chi connectivity index (χ0v) is 15.7. The van der Waals surface area contributed by atoms with Crippen molar-refractivity contribution in [3.63, 3.8) is 0 Å². The van der Waals surface area contributed by atoms with Crippen LogP contribution in [0.1, 0.15) is 21.6 Å². The van der Waals surface area contributed by atoms with Crippen molar-refractivity contribution in [2.24, 2.45) is 0 Å². The van der Waals surface area contributed by atoms with Crippen molar-refractivity contribution < 1.29 is 4.79 Å². The summed E-state index contributed by atoms with van der Waals surface area (Å²) in [5.74, 6) is -0.192. The third-order valence-electron chi connectivity index (χ3n) is 3.65. The number of hydrogen-bond acceptors (Lipinski definition) is 4. The normalized spacial score (nSPS) is 10.7. The molecular weight excluding hydrogens is 406 g/mol. The Morgan fingerprint density at radius 1 is 1.28 bits per heavy atom. The average molecular weight is 421 g/mol. The number of hydrogen-bond donors (Lipinski definition) is 2. The van der Waals surface area contributed by atoms with E-state index in [1.165, 1.54) is 4.68 Å². The summed E-state index contributed by atoms with van der Waals surface area (Å²) in [4.78, 5) is 12.4. The number of carbonyl (C=O) groups is 1. The molecule has 6 nitrogen and oxygen atoms in total. The topological polar surface area (TPSA) is 85.8 Å². The second kappa shape index (κ2) is 7.25. The summed E-state index contributed by atoms with van der Waals surface area (Å²) in [6.07, 6.45) is 0. The van der Waals surface area contributed by atoms with Crippen LogP contribution in [0.3, 0.4) is 0 Å². The summed E-state index contributed by atoms with van der Waals surface area (Å²) in [7, 11) is 0. The number of rotatable bonds is 4. The average Bonchev–Trinajstić information content (AvgIpc) is 2.94. The number of nitrogens with one attached hydrogen (secondary N) is 1. The minimum Gasteiger partial charge on any atom is -0.382 e. The van der Waals surface area contributed by atoms with Crippen LogP contribution in [0.4, 0.5) is 11.5 Å². The molecule has 2 aromatic carbocycles. The van der Waals surface area contributed by atoms with Crippen molar-refractivity contribution >= 4 is 44.9 Å². The van der Waals surface area contributed by atoms with E-state index in [4.69, 9.17) is 17.3 Å². The van der Waals surface area contributed by atoms with Crippen molar-refractivity contribution in [2.75, 3.05) is 11.1 Å². The molecule has 1 amide bonds. The van der Waals surface area contributed by atoms with Crippen LogP contribution in [0.5, 0.6) is 0 Å². The van der Waals surface area contributed by atoms with Gasteiger partial charge in [-0.15, -0.1) is 5.10 Å². The van der Waals surface area contributed by atoms with E-state index in [0.717, 1.165) is 15.6 Å². The number of halogens is 2. The molecular formula is C17H15BrClN5O. The van der Waals surface area contributed by atoms with E-state index in [1.807, 2.05) is 31.2 Å². The SMILES string of the molecule is Cc1cc(NC(=O)c2nnn(Cc3ccc(Cl)cc3)c2N)ccc1Br. The van der Waals surface area contributed by atoms with E-state index < -0.39 is 5.91 Å². The molecule has 0 atom stereocenters. The lowest BCUT2D eigenvalue weighted by Gasteiger charge is -2.07. The highest BCUT2D eigenvalue weighted by molar-refractivity contribution is 9.10. The number of anilines is 2. The Labute approximate surface area is 158 Å². The predicted octanol–water partition coefficient (Wildman–Crippen LogP) is 3.89. The summed E-state index contributed by atoms with van der Waals surface area (Å²) in [5, 5.41) is 11.3. The minimum absolute atomic E-state index is 0.0922. The Kier molecular flexibility index (Phi) is 5.06. The molecule has 25 heavy (non-hydrogen) atoms. The molecule has 0 aliphatic rings. The second-order valence-corrected chi connectivity index (χ2v) is 6.82. The van der Waals surface area contributed by atoms with Crippen molar-refractivity contribution in [3.8, 4) is 0 Å². The molecule has 0 spiro atoms. The van der Waals surface area contributed by atoms with Gasteiger partial charge < -0.3 is 11.1 Å². The number of aryl methyl sites for hydroxylation is 1. The van der Waals surface area contributed by atoms with E-state index in [-0.39, 0.29) is 11.5 Å². The zero-order valence-electron chi connectivity index (χ0n) is 13.3. The van der Waals surface area contributed by atoms with Gasteiger partial charge in [-0.2, -0.15) is 0 Å². The monoisotopic (exact) mass is 419 g/mol. The summed E-state index contributed by atoms with van der Waals surface area (Å²) >= 11 is 9.30. The molecule has 0 saturated carbocycles. The lowest BCUT2D eigenvalue weighted by atomic mass is 10.2. The summed E-state index contributed by atoms with van der Waals surface area (Å²) < 4.78 is 2.45. The van der Waals surface area contributed by atoms with Gasteiger partial charge in [-0.05, 0) is 48.4 Å². The first-order chi connectivity index (χ1) is 11.9. The quantitative estimate of drug-likeness (QED) is 0.670. The van der Waals surface area contributed by atoms with Crippen LogP contribution in [0, 0.1) is 6.92 Å². The molecule has 1 heterocycles. The highest BCUT2D eigenvalue weighted by Gasteiger charge is 2.18. The minimum atomic E-state index is -0.401. The molecule has 0 unspecified atom stereocenters. The van der Waals surface area contributed by atoms with E-state index in [1.54, 1.807) is 18.2 Å². The first-order valence-electron chi connectivity index (χ1n) is 7.45. The van der Waals surface area contributed by atoms with Crippen LogP contribution in [0.15, 0.2) is 46.9 Å². The number of aromatic nitrogens is 3. The van der Waals surface area contributed by atoms with E-state index in [9.17, 15) is 4.79 Å². The molecule has 3 N–H and O–H groups in total. The Balaban J connectivity index is 1.76. The van der Waals surface area contributed by atoms with Crippen molar-refractivity contribution in [1.29, 1.82) is 0 Å². The fraction of sp³-hybridized carbons (Fsp3) is 0.118. The largest absolute Gasteiger partial charge is 0.382 e. The zero-order chi connectivity index (χ0) is 18.0. The van der Waals surface area contributed by atoms with Gasteiger partial charge >= 0.3 is 0 Å². The third kappa shape index (κ3) is 4.00. The van der Waals surface area contributed by atoms with Gasteiger partial charge in [-0.1, -0.05) is 44.9 Å². The molecule has 128 valence electrons. The van der Waals surface area contributed by atoms with Gasteiger partial charge in [0.15, 0.2) is 11.5 Å². The van der Waals surface area contributed by atoms with Crippen molar-refractivity contribution in [2.45, 2.75) is 13.5 Å². The molecule has 0 aliphatic carbocycles. The molecule has 0 radical (unpaired) electrons. The Hall–Kier alpha value is -2.38. The standard InChI is InChI=1S/C17H15BrClN5O/c1-10-8-13(6-7-14(10)18)21-17(25)15-16(20)24(23-22-15)9-11-2-4-12(19)5-3-11/h2-8H,9,20H2,1H3,(H,21,25). The predicted molar refractivity (Wildman–Crippen MR) is 102 cm³/mol. The van der Waals surface area contributed by atoms with Crippen LogP contribution < -0.4 is 11.1 Å². The van der Waals surface area contributed by atoms with Crippen LogP contribution in [-0.2, 0) is 6.54 Å². The molecule has 3 aromatic rings. The number of carbonyl (C=O) groups excluding carboxylic acids is 1. The maximum Gasteiger partial charge on any atom is 0.280 e. The lowest BCUT2D eigenvalue weighted by molar-refractivity contribution is 0.102. The van der Waals surface area contributed by atoms with Gasteiger partial charge in [0.1, 0.15) is 0 Å².